The van der Waals surface area contributed by atoms with E-state index >= 15 is 0 Å². The van der Waals surface area contributed by atoms with Gasteiger partial charge in [0.2, 0.25) is 0 Å². The number of imidazole rings is 1. The molecule has 1 amide bonds. The number of hydrogen-bond donors (Lipinski definition) is 2. The number of amides is 1. The Labute approximate surface area is 116 Å². The third kappa shape index (κ3) is 3.48. The van der Waals surface area contributed by atoms with Crippen molar-refractivity contribution in [2.75, 3.05) is 13.7 Å². The van der Waals surface area contributed by atoms with Crippen LogP contribution in [0.1, 0.15) is 16.2 Å². The van der Waals surface area contributed by atoms with Crippen LogP contribution in [0.3, 0.4) is 0 Å². The summed E-state index contributed by atoms with van der Waals surface area (Å²) in [5, 5.41) is 3.34. The highest BCUT2D eigenvalue weighted by molar-refractivity contribution is 6.30. The summed E-state index contributed by atoms with van der Waals surface area (Å²) in [4.78, 5) is 19.1. The first-order valence-corrected chi connectivity index (χ1v) is 6.18. The molecular formula is C13H14ClN3O2. The Morgan fingerprint density at radius 3 is 3.05 bits per heavy atom. The molecule has 19 heavy (non-hydrogen) atoms. The fourth-order valence-electron chi connectivity index (χ4n) is 1.68. The van der Waals surface area contributed by atoms with Crippen molar-refractivity contribution in [2.24, 2.45) is 0 Å². The third-order valence-electron chi connectivity index (χ3n) is 2.61. The fourth-order valence-corrected chi connectivity index (χ4v) is 1.84. The zero-order chi connectivity index (χ0) is 13.7. The Morgan fingerprint density at radius 2 is 2.37 bits per heavy atom. The van der Waals surface area contributed by atoms with E-state index in [1.54, 1.807) is 30.6 Å². The summed E-state index contributed by atoms with van der Waals surface area (Å²) < 4.78 is 5.14. The van der Waals surface area contributed by atoms with E-state index in [9.17, 15) is 4.79 Å². The van der Waals surface area contributed by atoms with Crippen LogP contribution >= 0.6 is 11.6 Å². The second-order valence-electron chi connectivity index (χ2n) is 3.89. The Kier molecular flexibility index (Phi) is 4.41. The molecule has 2 rings (SSSR count). The van der Waals surface area contributed by atoms with E-state index in [1.807, 2.05) is 0 Å². The van der Waals surface area contributed by atoms with Crippen LogP contribution in [0.5, 0.6) is 5.75 Å². The molecule has 0 bridgehead atoms. The Balaban J connectivity index is 1.96. The predicted molar refractivity (Wildman–Crippen MR) is 72.6 cm³/mol. The van der Waals surface area contributed by atoms with Crippen LogP contribution in [-0.4, -0.2) is 29.5 Å². The maximum atomic E-state index is 12.0. The molecule has 0 aliphatic rings. The normalized spacial score (nSPS) is 10.2. The van der Waals surface area contributed by atoms with Crippen molar-refractivity contribution in [3.8, 4) is 5.75 Å². The van der Waals surface area contributed by atoms with E-state index in [0.29, 0.717) is 29.3 Å². The number of rotatable bonds is 5. The molecule has 0 atom stereocenters. The number of aromatic nitrogens is 2. The standard InChI is InChI=1S/C13H14ClN3O2/c1-19-11-8-9(14)2-3-10(11)13(18)17-5-4-12-15-6-7-16-12/h2-3,6-8H,4-5H2,1H3,(H,15,16)(H,17,18). The van der Waals surface area contributed by atoms with Gasteiger partial charge in [-0.15, -0.1) is 0 Å². The van der Waals surface area contributed by atoms with Gasteiger partial charge in [0.05, 0.1) is 12.7 Å². The van der Waals surface area contributed by atoms with Crippen molar-refractivity contribution in [3.63, 3.8) is 0 Å². The molecule has 0 spiro atoms. The van der Waals surface area contributed by atoms with Crippen LogP contribution in [0.15, 0.2) is 30.6 Å². The quantitative estimate of drug-likeness (QED) is 0.880. The first-order chi connectivity index (χ1) is 9.20. The molecule has 2 aromatic rings. The van der Waals surface area contributed by atoms with E-state index < -0.39 is 0 Å². The summed E-state index contributed by atoms with van der Waals surface area (Å²) in [6.45, 7) is 0.498. The van der Waals surface area contributed by atoms with Crippen LogP contribution in [0.4, 0.5) is 0 Å². The molecular weight excluding hydrogens is 266 g/mol. The maximum absolute atomic E-state index is 12.0. The van der Waals surface area contributed by atoms with Crippen LogP contribution in [0, 0.1) is 0 Å². The van der Waals surface area contributed by atoms with Gasteiger partial charge in [0.15, 0.2) is 0 Å². The van der Waals surface area contributed by atoms with Gasteiger partial charge in [0.25, 0.3) is 5.91 Å². The number of benzene rings is 1. The van der Waals surface area contributed by atoms with Crippen LogP contribution < -0.4 is 10.1 Å². The van der Waals surface area contributed by atoms with E-state index in [1.165, 1.54) is 7.11 Å². The average Bonchev–Trinajstić information content (AvgIpc) is 2.91. The molecule has 0 unspecified atom stereocenters. The van der Waals surface area contributed by atoms with Crippen LogP contribution in [0.25, 0.3) is 0 Å². The van der Waals surface area contributed by atoms with Crippen molar-refractivity contribution >= 4 is 17.5 Å². The number of nitrogens with one attached hydrogen (secondary N) is 2. The molecule has 0 aliphatic heterocycles. The molecule has 1 aromatic carbocycles. The van der Waals surface area contributed by atoms with Gasteiger partial charge in [0.1, 0.15) is 11.6 Å². The minimum absolute atomic E-state index is 0.194. The maximum Gasteiger partial charge on any atom is 0.255 e. The summed E-state index contributed by atoms with van der Waals surface area (Å²) in [5.41, 5.74) is 0.464. The number of ether oxygens (including phenoxy) is 1. The minimum atomic E-state index is -0.194. The first-order valence-electron chi connectivity index (χ1n) is 5.80. The predicted octanol–water partition coefficient (Wildman–Crippen LogP) is 2.04. The molecule has 1 heterocycles. The van der Waals surface area contributed by atoms with Gasteiger partial charge in [-0.05, 0) is 18.2 Å². The monoisotopic (exact) mass is 279 g/mol. The second-order valence-corrected chi connectivity index (χ2v) is 4.32. The lowest BCUT2D eigenvalue weighted by Gasteiger charge is -2.09. The number of halogens is 1. The third-order valence-corrected chi connectivity index (χ3v) is 2.85. The molecule has 0 fully saturated rings. The van der Waals surface area contributed by atoms with Gasteiger partial charge >= 0.3 is 0 Å². The van der Waals surface area contributed by atoms with Crippen molar-refractivity contribution in [1.29, 1.82) is 0 Å². The molecule has 0 radical (unpaired) electrons. The molecule has 100 valence electrons. The van der Waals surface area contributed by atoms with E-state index in [-0.39, 0.29) is 5.91 Å². The molecule has 2 N–H and O–H groups in total. The average molecular weight is 280 g/mol. The van der Waals surface area contributed by atoms with Crippen molar-refractivity contribution < 1.29 is 9.53 Å². The number of methoxy groups -OCH3 is 1. The minimum Gasteiger partial charge on any atom is -0.496 e. The van der Waals surface area contributed by atoms with E-state index in [2.05, 4.69) is 15.3 Å². The first kappa shape index (κ1) is 13.4. The molecule has 5 nitrogen and oxygen atoms in total. The highest BCUT2D eigenvalue weighted by atomic mass is 35.5. The number of carbonyl (C=O) groups is 1. The van der Waals surface area contributed by atoms with E-state index in [0.717, 1.165) is 5.82 Å². The second kappa shape index (κ2) is 6.24. The van der Waals surface area contributed by atoms with Crippen molar-refractivity contribution in [1.82, 2.24) is 15.3 Å². The lowest BCUT2D eigenvalue weighted by atomic mass is 10.2. The highest BCUT2D eigenvalue weighted by Gasteiger charge is 2.12. The molecule has 6 heteroatoms. The smallest absolute Gasteiger partial charge is 0.255 e. The van der Waals surface area contributed by atoms with Gasteiger partial charge in [-0.2, -0.15) is 0 Å². The highest BCUT2D eigenvalue weighted by Crippen LogP contribution is 2.22. The Hall–Kier alpha value is -2.01. The summed E-state index contributed by atoms with van der Waals surface area (Å²) in [5.74, 6) is 1.10. The fraction of sp³-hybridized carbons (Fsp3) is 0.231. The van der Waals surface area contributed by atoms with Gasteiger partial charge in [-0.25, -0.2) is 4.98 Å². The van der Waals surface area contributed by atoms with Gasteiger partial charge < -0.3 is 15.0 Å². The molecule has 0 saturated heterocycles. The lowest BCUT2D eigenvalue weighted by molar-refractivity contribution is 0.0951. The number of carbonyl (C=O) groups excluding carboxylic acids is 1. The van der Waals surface area contributed by atoms with Crippen molar-refractivity contribution in [3.05, 3.63) is 47.0 Å². The molecule has 1 aromatic heterocycles. The van der Waals surface area contributed by atoms with Gasteiger partial charge in [-0.3, -0.25) is 4.79 Å². The summed E-state index contributed by atoms with van der Waals surface area (Å²) in [6.07, 6.45) is 4.08. The van der Waals surface area contributed by atoms with Crippen LogP contribution in [0.2, 0.25) is 5.02 Å². The number of aromatic amines is 1. The largest absolute Gasteiger partial charge is 0.496 e. The molecule has 0 saturated carbocycles. The zero-order valence-corrected chi connectivity index (χ0v) is 11.2. The number of H-pyrrole nitrogens is 1. The summed E-state index contributed by atoms with van der Waals surface area (Å²) in [7, 11) is 1.51. The van der Waals surface area contributed by atoms with E-state index in [4.69, 9.17) is 16.3 Å². The zero-order valence-electron chi connectivity index (χ0n) is 10.4. The summed E-state index contributed by atoms with van der Waals surface area (Å²) in [6, 6.07) is 4.91. The van der Waals surface area contributed by atoms with Crippen molar-refractivity contribution in [2.45, 2.75) is 6.42 Å². The van der Waals surface area contributed by atoms with Gasteiger partial charge in [0, 0.05) is 30.4 Å². The van der Waals surface area contributed by atoms with Crippen LogP contribution in [-0.2, 0) is 6.42 Å². The topological polar surface area (TPSA) is 67.0 Å². The Morgan fingerprint density at radius 1 is 1.53 bits per heavy atom. The Bertz CT molecular complexity index is 555. The SMILES string of the molecule is COc1cc(Cl)ccc1C(=O)NCCc1ncc[nH]1. The number of hydrogen-bond acceptors (Lipinski definition) is 3. The van der Waals surface area contributed by atoms with Gasteiger partial charge in [-0.1, -0.05) is 11.6 Å². The lowest BCUT2D eigenvalue weighted by Crippen LogP contribution is -2.26. The number of nitrogens with zero attached hydrogens (tertiary/aromatic N) is 1. The summed E-state index contributed by atoms with van der Waals surface area (Å²) >= 11 is 5.85. The molecule has 0 aliphatic carbocycles.